The summed E-state index contributed by atoms with van der Waals surface area (Å²) in [5.74, 6) is 0. The molecule has 0 bridgehead atoms. The minimum atomic E-state index is 0. The molecule has 122 valence electrons. The molecule has 0 unspecified atom stereocenters. The molecule has 3 nitrogen and oxygen atoms in total. The van der Waals surface area contributed by atoms with E-state index in [1.165, 1.54) is 38.5 Å². The van der Waals surface area contributed by atoms with Crippen molar-refractivity contribution in [3.8, 4) is 0 Å². The first-order valence-corrected chi connectivity index (χ1v) is 8.67. The Morgan fingerprint density at radius 2 is 0.850 bits per heavy atom. The zero-order valence-corrected chi connectivity index (χ0v) is 15.0. The first-order valence-electron chi connectivity index (χ1n) is 6.78. The Hall–Kier alpha value is -0.0535. The molecule has 0 aromatic rings. The normalized spacial score (nSPS) is 7.80. The van der Waals surface area contributed by atoms with E-state index >= 15 is 0 Å². The zero-order chi connectivity index (χ0) is 15.9. The van der Waals surface area contributed by atoms with Crippen LogP contribution in [0.1, 0.15) is 60.7 Å². The van der Waals surface area contributed by atoms with Gasteiger partial charge in [-0.25, -0.2) is 0 Å². The molecule has 0 aliphatic heterocycles. The monoisotopic (exact) mass is 349 g/mol. The van der Waals surface area contributed by atoms with Crippen LogP contribution < -0.4 is 0 Å². The average molecular weight is 349 g/mol. The van der Waals surface area contributed by atoms with Gasteiger partial charge >= 0.3 is 18.2 Å². The summed E-state index contributed by atoms with van der Waals surface area (Å²) in [6.45, 7) is 16.7. The summed E-state index contributed by atoms with van der Waals surface area (Å²) in [7, 11) is 0.422. The van der Waals surface area contributed by atoms with E-state index in [9.17, 15) is 0 Å². The summed E-state index contributed by atoms with van der Waals surface area (Å²) < 4.78 is 0. The van der Waals surface area contributed by atoms with Crippen molar-refractivity contribution in [2.45, 2.75) is 59.3 Å². The van der Waals surface area contributed by atoms with Crippen LogP contribution in [0.15, 0.2) is 0 Å². The molecule has 0 aliphatic rings. The summed E-state index contributed by atoms with van der Waals surface area (Å²) in [5.41, 5.74) is 0. The summed E-state index contributed by atoms with van der Waals surface area (Å²) in [6.07, 6.45) is 13.2. The van der Waals surface area contributed by atoms with Crippen molar-refractivity contribution < 1.29 is 32.6 Å². The van der Waals surface area contributed by atoms with Crippen LogP contribution in [-0.4, -0.2) is 38.9 Å². The van der Waals surface area contributed by atoms with Crippen molar-refractivity contribution in [1.82, 2.24) is 0 Å². The summed E-state index contributed by atoms with van der Waals surface area (Å²) in [6, 6.07) is 0. The Bertz CT molecular complexity index is 122. The fraction of sp³-hybridized carbons (Fsp3) is 0.800. The van der Waals surface area contributed by atoms with E-state index in [1.807, 2.05) is 0 Å². The molecule has 0 spiro atoms. The maximum atomic E-state index is 7.75. The molecular formula is C15H31CoO3P+. The third-order valence-corrected chi connectivity index (χ3v) is 5.33. The fourth-order valence-corrected chi connectivity index (χ4v) is 4.44. The molecule has 0 heterocycles. The standard InChI is InChI=1S/C12H27P.3CHO.Co/c1-4-7-10-13(11-8-5-2)12-9-6-3;3*1-2;/h4-12H2,1-3H3;3*1H;/q;3*-1;+3/p+1. The van der Waals surface area contributed by atoms with E-state index in [2.05, 4.69) is 41.1 Å². The summed E-state index contributed by atoms with van der Waals surface area (Å²) in [5, 5.41) is 0. The average Bonchev–Trinajstić information content (AvgIpc) is 2.52. The van der Waals surface area contributed by atoms with Crippen molar-refractivity contribution in [3.05, 3.63) is 0 Å². The number of hydrogen-bond acceptors (Lipinski definition) is 3. The van der Waals surface area contributed by atoms with Crippen LogP contribution in [0.3, 0.4) is 0 Å². The maximum Gasteiger partial charge on any atom is 3.00 e. The predicted octanol–water partition coefficient (Wildman–Crippen LogP) is 4.16. The largest absolute Gasteiger partial charge is 3.00 e. The number of carbonyl (C=O) groups excluding carboxylic acids is 3. The summed E-state index contributed by atoms with van der Waals surface area (Å²) >= 11 is 0. The van der Waals surface area contributed by atoms with Crippen LogP contribution >= 0.6 is 7.92 Å². The molecule has 0 saturated heterocycles. The quantitative estimate of drug-likeness (QED) is 0.357. The Kier molecular flexibility index (Phi) is 68.5. The number of rotatable bonds is 9. The van der Waals surface area contributed by atoms with Gasteiger partial charge in [-0.2, -0.15) is 0 Å². The molecule has 0 amide bonds. The molecule has 0 aromatic heterocycles. The van der Waals surface area contributed by atoms with Gasteiger partial charge in [0.1, 0.15) is 0 Å². The second-order valence-electron chi connectivity index (χ2n) is 3.90. The van der Waals surface area contributed by atoms with Crippen LogP contribution in [-0.2, 0) is 31.2 Å². The van der Waals surface area contributed by atoms with Gasteiger partial charge < -0.3 is 14.4 Å². The van der Waals surface area contributed by atoms with E-state index in [0.717, 1.165) is 0 Å². The molecule has 0 fully saturated rings. The first kappa shape index (κ1) is 32.1. The Morgan fingerprint density at radius 1 is 0.650 bits per heavy atom. The Balaban J connectivity index is -0.0000000622. The van der Waals surface area contributed by atoms with Gasteiger partial charge in [0.05, 0.1) is 0 Å². The van der Waals surface area contributed by atoms with Crippen molar-refractivity contribution in [3.63, 3.8) is 0 Å². The number of unbranched alkanes of at least 4 members (excludes halogenated alkanes) is 3. The van der Waals surface area contributed by atoms with Crippen LogP contribution in [0.25, 0.3) is 0 Å². The van der Waals surface area contributed by atoms with Crippen molar-refractivity contribution in [1.29, 1.82) is 0 Å². The van der Waals surface area contributed by atoms with Crippen LogP contribution in [0.2, 0.25) is 0 Å². The van der Waals surface area contributed by atoms with Crippen molar-refractivity contribution in [2.75, 3.05) is 18.5 Å². The van der Waals surface area contributed by atoms with Gasteiger partial charge in [-0.05, 0) is 37.7 Å². The summed E-state index contributed by atoms with van der Waals surface area (Å²) in [4.78, 5) is 23.2. The van der Waals surface area contributed by atoms with Gasteiger partial charge in [-0.3, -0.25) is 20.4 Å². The topological polar surface area (TPSA) is 51.2 Å². The minimum Gasteiger partial charge on any atom is -0.545 e. The molecular weight excluding hydrogens is 318 g/mol. The van der Waals surface area contributed by atoms with Gasteiger partial charge in [-0.1, -0.05) is 40.0 Å². The zero-order valence-electron chi connectivity index (χ0n) is 14.1. The number of hydrogen-bond donors (Lipinski definition) is 0. The molecule has 0 aliphatic carbocycles. The molecule has 5 heteroatoms. The second kappa shape index (κ2) is 42.8. The van der Waals surface area contributed by atoms with Gasteiger partial charge in [0, 0.05) is 0 Å². The van der Waals surface area contributed by atoms with E-state index in [-0.39, 0.29) is 18.2 Å². The van der Waals surface area contributed by atoms with E-state index in [0.29, 0.717) is 7.92 Å². The molecule has 0 N–H and O–H groups in total. The molecule has 0 saturated carbocycles. The minimum absolute atomic E-state index is 0. The van der Waals surface area contributed by atoms with Crippen LogP contribution in [0.5, 0.6) is 0 Å². The van der Waals surface area contributed by atoms with Crippen molar-refractivity contribution in [2.24, 2.45) is 0 Å². The second-order valence-corrected chi connectivity index (χ2v) is 6.59. The third-order valence-electron chi connectivity index (χ3n) is 2.48. The van der Waals surface area contributed by atoms with Crippen LogP contribution in [0, 0.1) is 0 Å². The molecule has 0 radical (unpaired) electrons. The first-order chi connectivity index (χ1) is 9.35. The van der Waals surface area contributed by atoms with Gasteiger partial charge in [0.25, 0.3) is 0 Å². The third kappa shape index (κ3) is 36.1. The van der Waals surface area contributed by atoms with E-state index in [4.69, 9.17) is 14.4 Å². The van der Waals surface area contributed by atoms with Crippen LogP contribution in [0.4, 0.5) is 0 Å². The Labute approximate surface area is 139 Å². The molecule has 20 heavy (non-hydrogen) atoms. The van der Waals surface area contributed by atoms with Gasteiger partial charge in [-0.15, -0.1) is 7.92 Å². The van der Waals surface area contributed by atoms with Crippen molar-refractivity contribution >= 4 is 28.3 Å². The van der Waals surface area contributed by atoms with Gasteiger partial charge in [0.15, 0.2) is 0 Å². The molecule has 0 atom stereocenters. The molecule has 0 aromatic carbocycles. The molecule has 0 rings (SSSR count). The smallest absolute Gasteiger partial charge is 0.545 e. The SMILES string of the molecule is CCCCP(CCCC)CCCC.[CH-]=O.[CH-]=O.[CH-]=O.[Co+3].[H+]. The van der Waals surface area contributed by atoms with E-state index in [1.54, 1.807) is 18.5 Å². The van der Waals surface area contributed by atoms with E-state index < -0.39 is 0 Å². The Morgan fingerprint density at radius 3 is 1.00 bits per heavy atom. The fourth-order valence-electron chi connectivity index (χ4n) is 1.48. The van der Waals surface area contributed by atoms with Gasteiger partial charge in [0.2, 0.25) is 0 Å². The maximum absolute atomic E-state index is 7.75. The predicted molar refractivity (Wildman–Crippen MR) is 87.6 cm³/mol.